The van der Waals surface area contributed by atoms with Gasteiger partial charge >= 0.3 is 0 Å². The lowest BCUT2D eigenvalue weighted by Gasteiger charge is -2.02. The number of fused-ring (bicyclic) bond motifs is 3. The van der Waals surface area contributed by atoms with Crippen molar-refractivity contribution >= 4 is 32.2 Å². The number of unbranched alkanes of at least 4 members (excludes halogenated alkanes) is 2. The van der Waals surface area contributed by atoms with Crippen LogP contribution in [0.2, 0.25) is 0 Å². The lowest BCUT2D eigenvalue weighted by Crippen LogP contribution is -1.80. The Hall–Kier alpha value is -1.78. The molecular formula is C18H16S. The van der Waals surface area contributed by atoms with E-state index in [-0.39, 0.29) is 0 Å². The van der Waals surface area contributed by atoms with Gasteiger partial charge in [-0.05, 0) is 34.7 Å². The van der Waals surface area contributed by atoms with Gasteiger partial charge in [-0.25, -0.2) is 0 Å². The molecule has 0 saturated heterocycles. The Kier molecular flexibility index (Phi) is 3.53. The Bertz CT molecular complexity index is 768. The largest absolute Gasteiger partial charge is 0.143 e. The minimum absolute atomic E-state index is 0.993. The van der Waals surface area contributed by atoms with Gasteiger partial charge in [0.25, 0.3) is 0 Å². The van der Waals surface area contributed by atoms with E-state index >= 15 is 0 Å². The quantitative estimate of drug-likeness (QED) is 0.417. The van der Waals surface area contributed by atoms with Gasteiger partial charge < -0.3 is 0 Å². The summed E-state index contributed by atoms with van der Waals surface area (Å²) < 4.78 is 1.37. The van der Waals surface area contributed by atoms with E-state index in [1.54, 1.807) is 0 Å². The van der Waals surface area contributed by atoms with E-state index in [0.717, 1.165) is 12.0 Å². The molecule has 1 heterocycles. The Morgan fingerprint density at radius 2 is 1.95 bits per heavy atom. The van der Waals surface area contributed by atoms with Crippen molar-refractivity contribution in [2.75, 3.05) is 0 Å². The van der Waals surface area contributed by atoms with Crippen molar-refractivity contribution in [2.45, 2.75) is 26.2 Å². The van der Waals surface area contributed by atoms with Crippen LogP contribution in [0.1, 0.15) is 31.7 Å². The lowest BCUT2D eigenvalue weighted by atomic mass is 10.0. The standard InChI is InChI=1S/C18H16S/c1-2-3-4-5-8-14-13-15-11-12-19-18(15)17-10-7-6-9-16(14)17/h6-7,9-13H,2-4H2,1H3. The summed E-state index contributed by atoms with van der Waals surface area (Å²) in [5.41, 5.74) is 1.16. The first-order valence-electron chi connectivity index (χ1n) is 6.78. The van der Waals surface area contributed by atoms with Gasteiger partial charge in [0.05, 0.1) is 0 Å². The van der Waals surface area contributed by atoms with E-state index in [1.165, 1.54) is 33.7 Å². The van der Waals surface area contributed by atoms with Gasteiger partial charge in [0, 0.05) is 22.1 Å². The normalized spacial score (nSPS) is 10.6. The van der Waals surface area contributed by atoms with Crippen molar-refractivity contribution in [3.8, 4) is 11.8 Å². The van der Waals surface area contributed by atoms with Gasteiger partial charge in [-0.2, -0.15) is 0 Å². The van der Waals surface area contributed by atoms with E-state index in [2.05, 4.69) is 60.5 Å². The van der Waals surface area contributed by atoms with Crippen LogP contribution in [0.5, 0.6) is 0 Å². The molecule has 0 aliphatic carbocycles. The molecule has 0 radical (unpaired) electrons. The van der Waals surface area contributed by atoms with Crippen molar-refractivity contribution in [3.05, 3.63) is 47.3 Å². The van der Waals surface area contributed by atoms with Gasteiger partial charge in [-0.3, -0.25) is 0 Å². The third-order valence-corrected chi connectivity index (χ3v) is 4.30. The summed E-state index contributed by atoms with van der Waals surface area (Å²) in [4.78, 5) is 0. The molecule has 0 nitrogen and oxygen atoms in total. The highest BCUT2D eigenvalue weighted by Gasteiger charge is 2.05. The summed E-state index contributed by atoms with van der Waals surface area (Å²) in [6.07, 6.45) is 3.39. The highest BCUT2D eigenvalue weighted by atomic mass is 32.1. The lowest BCUT2D eigenvalue weighted by molar-refractivity contribution is 0.828. The molecule has 0 unspecified atom stereocenters. The summed E-state index contributed by atoms with van der Waals surface area (Å²) in [5.74, 6) is 6.66. The molecule has 0 aliphatic heterocycles. The van der Waals surface area contributed by atoms with Crippen LogP contribution in [0.15, 0.2) is 41.8 Å². The molecule has 0 aliphatic rings. The second kappa shape index (κ2) is 5.47. The summed E-state index contributed by atoms with van der Waals surface area (Å²) in [6, 6.07) is 13.0. The molecule has 1 heteroatoms. The van der Waals surface area contributed by atoms with Gasteiger partial charge in [-0.1, -0.05) is 49.5 Å². The molecule has 0 amide bonds. The second-order valence-electron chi connectivity index (χ2n) is 4.71. The third-order valence-electron chi connectivity index (χ3n) is 3.34. The van der Waals surface area contributed by atoms with Crippen LogP contribution in [-0.4, -0.2) is 0 Å². The van der Waals surface area contributed by atoms with Gasteiger partial charge in [0.15, 0.2) is 0 Å². The first-order chi connectivity index (χ1) is 9.40. The van der Waals surface area contributed by atoms with Crippen LogP contribution < -0.4 is 0 Å². The van der Waals surface area contributed by atoms with Crippen LogP contribution in [0.4, 0.5) is 0 Å². The molecule has 94 valence electrons. The topological polar surface area (TPSA) is 0 Å². The molecular weight excluding hydrogens is 248 g/mol. The molecule has 0 fully saturated rings. The molecule has 3 rings (SSSR count). The Morgan fingerprint density at radius 1 is 1.11 bits per heavy atom. The first-order valence-corrected chi connectivity index (χ1v) is 7.66. The number of benzene rings is 2. The molecule has 0 spiro atoms. The average molecular weight is 264 g/mol. The molecule has 3 aromatic rings. The van der Waals surface area contributed by atoms with E-state index in [9.17, 15) is 0 Å². The van der Waals surface area contributed by atoms with Crippen molar-refractivity contribution in [2.24, 2.45) is 0 Å². The van der Waals surface area contributed by atoms with Gasteiger partial charge in [-0.15, -0.1) is 11.3 Å². The minimum Gasteiger partial charge on any atom is -0.143 e. The zero-order valence-electron chi connectivity index (χ0n) is 11.1. The predicted octanol–water partition coefficient (Wildman–Crippen LogP) is 5.60. The number of hydrogen-bond acceptors (Lipinski definition) is 1. The van der Waals surface area contributed by atoms with Crippen molar-refractivity contribution in [1.82, 2.24) is 0 Å². The maximum absolute atomic E-state index is 3.36. The smallest absolute Gasteiger partial charge is 0.0422 e. The number of rotatable bonds is 2. The van der Waals surface area contributed by atoms with Crippen LogP contribution in [0, 0.1) is 11.8 Å². The zero-order chi connectivity index (χ0) is 13.1. The average Bonchev–Trinajstić information content (AvgIpc) is 2.92. The first kappa shape index (κ1) is 12.3. The van der Waals surface area contributed by atoms with Crippen LogP contribution in [-0.2, 0) is 0 Å². The second-order valence-corrected chi connectivity index (χ2v) is 5.63. The fourth-order valence-corrected chi connectivity index (χ4v) is 3.25. The Labute approximate surface area is 118 Å². The predicted molar refractivity (Wildman–Crippen MR) is 85.7 cm³/mol. The Balaban J connectivity index is 2.17. The van der Waals surface area contributed by atoms with Crippen LogP contribution in [0.3, 0.4) is 0 Å². The summed E-state index contributed by atoms with van der Waals surface area (Å²) in [7, 11) is 0. The third kappa shape index (κ3) is 2.37. The SMILES string of the molecule is CCCCC#Cc1cc2ccsc2c2ccccc12. The minimum atomic E-state index is 0.993. The fraction of sp³-hybridized carbons (Fsp3) is 0.222. The van der Waals surface area contributed by atoms with E-state index in [4.69, 9.17) is 0 Å². The number of thiophene rings is 1. The van der Waals surface area contributed by atoms with Gasteiger partial charge in [0.1, 0.15) is 0 Å². The zero-order valence-corrected chi connectivity index (χ0v) is 11.9. The Morgan fingerprint density at radius 3 is 2.79 bits per heavy atom. The maximum Gasteiger partial charge on any atom is 0.0422 e. The molecule has 2 aromatic carbocycles. The maximum atomic E-state index is 3.36. The molecule has 0 bridgehead atoms. The summed E-state index contributed by atoms with van der Waals surface area (Å²) >= 11 is 1.81. The van der Waals surface area contributed by atoms with E-state index in [0.29, 0.717) is 0 Å². The van der Waals surface area contributed by atoms with E-state index < -0.39 is 0 Å². The highest BCUT2D eigenvalue weighted by Crippen LogP contribution is 2.31. The fourth-order valence-electron chi connectivity index (χ4n) is 2.33. The van der Waals surface area contributed by atoms with Crippen molar-refractivity contribution < 1.29 is 0 Å². The number of hydrogen-bond donors (Lipinski definition) is 0. The van der Waals surface area contributed by atoms with Crippen molar-refractivity contribution in [3.63, 3.8) is 0 Å². The van der Waals surface area contributed by atoms with Gasteiger partial charge in [0.2, 0.25) is 0 Å². The summed E-state index contributed by atoms with van der Waals surface area (Å²) in [5, 5.41) is 6.07. The molecule has 1 aromatic heterocycles. The van der Waals surface area contributed by atoms with E-state index in [1.807, 2.05) is 11.3 Å². The highest BCUT2D eigenvalue weighted by molar-refractivity contribution is 7.18. The van der Waals surface area contributed by atoms with Crippen LogP contribution in [0.25, 0.3) is 20.9 Å². The molecule has 19 heavy (non-hydrogen) atoms. The molecule has 0 saturated carbocycles. The van der Waals surface area contributed by atoms with Crippen LogP contribution >= 0.6 is 11.3 Å². The molecule has 0 atom stereocenters. The molecule has 0 N–H and O–H groups in total. The van der Waals surface area contributed by atoms with Crippen molar-refractivity contribution in [1.29, 1.82) is 0 Å². The summed E-state index contributed by atoms with van der Waals surface area (Å²) in [6.45, 7) is 2.20. The monoisotopic (exact) mass is 264 g/mol.